The van der Waals surface area contributed by atoms with Gasteiger partial charge in [0.1, 0.15) is 11.9 Å². The van der Waals surface area contributed by atoms with Gasteiger partial charge in [-0.1, -0.05) is 6.07 Å². The Kier molecular flexibility index (Phi) is 3.41. The molecule has 2 aliphatic rings. The van der Waals surface area contributed by atoms with Gasteiger partial charge in [0.15, 0.2) is 0 Å². The van der Waals surface area contributed by atoms with E-state index in [0.29, 0.717) is 18.8 Å². The summed E-state index contributed by atoms with van der Waals surface area (Å²) < 4.78 is 17.3. The Balaban J connectivity index is 1.67. The SMILES string of the molecule is N#Cc1cccc(OC2CCOC3(CCOC3)C2)c1. The van der Waals surface area contributed by atoms with Gasteiger partial charge < -0.3 is 14.2 Å². The van der Waals surface area contributed by atoms with Crippen molar-refractivity contribution in [1.29, 1.82) is 5.26 Å². The Labute approximate surface area is 112 Å². The molecule has 0 amide bonds. The van der Waals surface area contributed by atoms with Gasteiger partial charge in [0.25, 0.3) is 0 Å². The van der Waals surface area contributed by atoms with Gasteiger partial charge >= 0.3 is 0 Å². The van der Waals surface area contributed by atoms with Crippen LogP contribution in [0.25, 0.3) is 0 Å². The predicted molar refractivity (Wildman–Crippen MR) is 68.9 cm³/mol. The smallest absolute Gasteiger partial charge is 0.121 e. The maximum Gasteiger partial charge on any atom is 0.121 e. The first-order valence-corrected chi connectivity index (χ1v) is 6.68. The molecule has 4 heteroatoms. The summed E-state index contributed by atoms with van der Waals surface area (Å²) >= 11 is 0. The molecule has 4 nitrogen and oxygen atoms in total. The molecule has 2 atom stereocenters. The fraction of sp³-hybridized carbons (Fsp3) is 0.533. The highest BCUT2D eigenvalue weighted by Gasteiger charge is 2.41. The first-order chi connectivity index (χ1) is 9.30. The number of nitriles is 1. The second kappa shape index (κ2) is 5.20. The molecule has 2 fully saturated rings. The van der Waals surface area contributed by atoms with Crippen molar-refractivity contribution in [2.24, 2.45) is 0 Å². The molecule has 2 heterocycles. The molecule has 1 spiro atoms. The van der Waals surface area contributed by atoms with Crippen molar-refractivity contribution in [2.45, 2.75) is 31.0 Å². The highest BCUT2D eigenvalue weighted by molar-refractivity contribution is 5.36. The van der Waals surface area contributed by atoms with E-state index in [1.54, 1.807) is 12.1 Å². The standard InChI is InChI=1S/C15H17NO3/c16-10-12-2-1-3-13(8-12)19-14-4-6-18-15(9-14)5-7-17-11-15/h1-3,8,14H,4-7,9,11H2. The van der Waals surface area contributed by atoms with E-state index in [1.165, 1.54) is 0 Å². The maximum atomic E-state index is 8.89. The van der Waals surface area contributed by atoms with Gasteiger partial charge in [-0.05, 0) is 18.2 Å². The molecule has 0 saturated carbocycles. The summed E-state index contributed by atoms with van der Waals surface area (Å²) in [7, 11) is 0. The molecule has 100 valence electrons. The number of rotatable bonds is 2. The zero-order valence-corrected chi connectivity index (χ0v) is 10.8. The van der Waals surface area contributed by atoms with E-state index in [2.05, 4.69) is 6.07 Å². The van der Waals surface area contributed by atoms with Crippen molar-refractivity contribution in [1.82, 2.24) is 0 Å². The van der Waals surface area contributed by atoms with Gasteiger partial charge in [-0.3, -0.25) is 0 Å². The monoisotopic (exact) mass is 259 g/mol. The molecule has 1 aromatic carbocycles. The Morgan fingerprint density at radius 1 is 1.37 bits per heavy atom. The number of nitrogens with zero attached hydrogens (tertiary/aromatic N) is 1. The molecule has 1 aromatic rings. The highest BCUT2D eigenvalue weighted by atomic mass is 16.6. The van der Waals surface area contributed by atoms with Crippen LogP contribution in [0.4, 0.5) is 0 Å². The van der Waals surface area contributed by atoms with Crippen molar-refractivity contribution in [3.05, 3.63) is 29.8 Å². The van der Waals surface area contributed by atoms with Crippen molar-refractivity contribution in [3.63, 3.8) is 0 Å². The third kappa shape index (κ3) is 2.73. The summed E-state index contributed by atoms with van der Waals surface area (Å²) in [6, 6.07) is 9.44. The van der Waals surface area contributed by atoms with Crippen molar-refractivity contribution < 1.29 is 14.2 Å². The van der Waals surface area contributed by atoms with E-state index in [4.69, 9.17) is 19.5 Å². The van der Waals surface area contributed by atoms with Crippen molar-refractivity contribution >= 4 is 0 Å². The van der Waals surface area contributed by atoms with Crippen LogP contribution in [0, 0.1) is 11.3 Å². The van der Waals surface area contributed by atoms with Crippen LogP contribution in [0.15, 0.2) is 24.3 Å². The summed E-state index contributed by atoms with van der Waals surface area (Å²) in [6.45, 7) is 2.16. The molecule has 0 bridgehead atoms. The molecular formula is C15H17NO3. The first kappa shape index (κ1) is 12.5. The topological polar surface area (TPSA) is 51.5 Å². The molecule has 2 saturated heterocycles. The molecular weight excluding hydrogens is 242 g/mol. The second-order valence-electron chi connectivity index (χ2n) is 5.21. The van der Waals surface area contributed by atoms with E-state index < -0.39 is 0 Å². The molecule has 3 rings (SSSR count). The van der Waals surface area contributed by atoms with Crippen LogP contribution in [0.5, 0.6) is 5.75 Å². The van der Waals surface area contributed by atoms with Gasteiger partial charge in [-0.15, -0.1) is 0 Å². The van der Waals surface area contributed by atoms with Gasteiger partial charge in [-0.25, -0.2) is 0 Å². The minimum Gasteiger partial charge on any atom is -0.490 e. The number of benzene rings is 1. The molecule has 0 N–H and O–H groups in total. The quantitative estimate of drug-likeness (QED) is 0.817. The van der Waals surface area contributed by atoms with Crippen LogP contribution >= 0.6 is 0 Å². The predicted octanol–water partition coefficient (Wildman–Crippen LogP) is 2.28. The van der Waals surface area contributed by atoms with Crippen LogP contribution in [0.3, 0.4) is 0 Å². The lowest BCUT2D eigenvalue weighted by molar-refractivity contribution is -0.112. The van der Waals surface area contributed by atoms with E-state index >= 15 is 0 Å². The van der Waals surface area contributed by atoms with E-state index in [1.807, 2.05) is 12.1 Å². The lowest BCUT2D eigenvalue weighted by atomic mass is 9.91. The highest BCUT2D eigenvalue weighted by Crippen LogP contribution is 2.34. The third-order valence-electron chi connectivity index (χ3n) is 3.78. The van der Waals surface area contributed by atoms with Crippen molar-refractivity contribution in [3.8, 4) is 11.8 Å². The Bertz CT molecular complexity index is 488. The largest absolute Gasteiger partial charge is 0.490 e. The number of hydrogen-bond donors (Lipinski definition) is 0. The number of hydrogen-bond acceptors (Lipinski definition) is 4. The van der Waals surface area contributed by atoms with E-state index in [9.17, 15) is 0 Å². The average molecular weight is 259 g/mol. The van der Waals surface area contributed by atoms with Crippen LogP contribution in [0.2, 0.25) is 0 Å². The van der Waals surface area contributed by atoms with Crippen LogP contribution < -0.4 is 4.74 Å². The number of ether oxygens (including phenoxy) is 3. The van der Waals surface area contributed by atoms with E-state index in [0.717, 1.165) is 31.6 Å². The molecule has 19 heavy (non-hydrogen) atoms. The third-order valence-corrected chi connectivity index (χ3v) is 3.78. The minimum absolute atomic E-state index is 0.143. The first-order valence-electron chi connectivity index (χ1n) is 6.68. The summed E-state index contributed by atoms with van der Waals surface area (Å²) in [4.78, 5) is 0. The minimum atomic E-state index is -0.143. The summed E-state index contributed by atoms with van der Waals surface area (Å²) in [6.07, 6.45) is 2.84. The fourth-order valence-corrected chi connectivity index (χ4v) is 2.78. The lowest BCUT2D eigenvalue weighted by Gasteiger charge is -2.37. The maximum absolute atomic E-state index is 8.89. The van der Waals surface area contributed by atoms with Gasteiger partial charge in [0, 0.05) is 25.9 Å². The van der Waals surface area contributed by atoms with Crippen LogP contribution in [0.1, 0.15) is 24.8 Å². The zero-order chi connectivity index (χ0) is 13.1. The van der Waals surface area contributed by atoms with E-state index in [-0.39, 0.29) is 11.7 Å². The summed E-state index contributed by atoms with van der Waals surface area (Å²) in [5, 5.41) is 8.89. The second-order valence-corrected chi connectivity index (χ2v) is 5.21. The van der Waals surface area contributed by atoms with Gasteiger partial charge in [0.05, 0.1) is 30.4 Å². The molecule has 0 radical (unpaired) electrons. The summed E-state index contributed by atoms with van der Waals surface area (Å²) in [5.74, 6) is 0.764. The average Bonchev–Trinajstić information content (AvgIpc) is 2.87. The van der Waals surface area contributed by atoms with Crippen LogP contribution in [-0.4, -0.2) is 31.5 Å². The molecule has 0 aliphatic carbocycles. The summed E-state index contributed by atoms with van der Waals surface area (Å²) in [5.41, 5.74) is 0.485. The Morgan fingerprint density at radius 3 is 3.11 bits per heavy atom. The Hall–Kier alpha value is -1.57. The Morgan fingerprint density at radius 2 is 2.32 bits per heavy atom. The van der Waals surface area contributed by atoms with Crippen LogP contribution in [-0.2, 0) is 9.47 Å². The van der Waals surface area contributed by atoms with Crippen molar-refractivity contribution in [2.75, 3.05) is 19.8 Å². The van der Waals surface area contributed by atoms with Gasteiger partial charge in [0.2, 0.25) is 0 Å². The lowest BCUT2D eigenvalue weighted by Crippen LogP contribution is -2.44. The normalized spacial score (nSPS) is 30.2. The molecule has 2 unspecified atom stereocenters. The van der Waals surface area contributed by atoms with Gasteiger partial charge in [-0.2, -0.15) is 5.26 Å². The zero-order valence-electron chi connectivity index (χ0n) is 10.8. The molecule has 0 aromatic heterocycles. The molecule has 2 aliphatic heterocycles. The fourth-order valence-electron chi connectivity index (χ4n) is 2.78.